The zero-order valence-electron chi connectivity index (χ0n) is 23.9. The molecule has 4 heteroatoms. The second-order valence-corrected chi connectivity index (χ2v) is 10.7. The number of benzene rings is 5. The van der Waals surface area contributed by atoms with Gasteiger partial charge in [-0.2, -0.15) is 0 Å². The molecule has 0 radical (unpaired) electrons. The smallest absolute Gasteiger partial charge is 0.120 e. The number of aromatic nitrogens is 2. The van der Waals surface area contributed by atoms with Crippen molar-refractivity contribution in [3.8, 4) is 22.9 Å². The molecule has 0 N–H and O–H groups in total. The number of nitrogens with zero attached hydrogens (tertiary/aromatic N) is 2. The first-order valence-corrected chi connectivity index (χ1v) is 14.5. The van der Waals surface area contributed by atoms with E-state index in [2.05, 4.69) is 107 Å². The minimum absolute atomic E-state index is 0.854. The lowest BCUT2D eigenvalue weighted by Crippen LogP contribution is -2.00. The summed E-state index contributed by atoms with van der Waals surface area (Å²) in [5.41, 5.74) is 8.55. The van der Waals surface area contributed by atoms with Crippen molar-refractivity contribution in [1.29, 1.82) is 0 Å². The van der Waals surface area contributed by atoms with Crippen LogP contribution in [0.4, 0.5) is 0 Å². The van der Waals surface area contributed by atoms with Gasteiger partial charge in [0.1, 0.15) is 11.5 Å². The minimum atomic E-state index is 0.854. The topological polar surface area (TPSA) is 28.3 Å². The summed E-state index contributed by atoms with van der Waals surface area (Å²) < 4.78 is 16.2. The standard InChI is InChI=1S/C37H34N2O2/c1-4-5-6-19-31-36-30-18-8-10-21-34(30)38(25-13-11-15-27(22-25)40-2)35(36)24-32-29-17-7-9-20-33(29)39(37(31)32)26-14-12-16-28(23-26)41-3/h7-18,20-24H,4-6,19H2,1-3H3. The van der Waals surface area contributed by atoms with Gasteiger partial charge in [-0.3, -0.25) is 0 Å². The van der Waals surface area contributed by atoms with Crippen LogP contribution in [0.15, 0.2) is 103 Å². The lowest BCUT2D eigenvalue weighted by Gasteiger charge is -2.15. The predicted molar refractivity (Wildman–Crippen MR) is 171 cm³/mol. The van der Waals surface area contributed by atoms with Crippen LogP contribution >= 0.6 is 0 Å². The molecule has 7 aromatic rings. The first-order valence-electron chi connectivity index (χ1n) is 14.5. The van der Waals surface area contributed by atoms with E-state index in [0.29, 0.717) is 0 Å². The molecule has 204 valence electrons. The van der Waals surface area contributed by atoms with E-state index in [1.807, 2.05) is 12.1 Å². The molecule has 0 aliphatic heterocycles. The van der Waals surface area contributed by atoms with Crippen LogP contribution in [-0.4, -0.2) is 23.4 Å². The van der Waals surface area contributed by atoms with Crippen LogP contribution in [-0.2, 0) is 6.42 Å². The maximum Gasteiger partial charge on any atom is 0.120 e. The first-order chi connectivity index (χ1) is 20.2. The van der Waals surface area contributed by atoms with Gasteiger partial charge < -0.3 is 18.6 Å². The Hall–Kier alpha value is -4.70. The fraction of sp³-hybridized carbons (Fsp3) is 0.189. The monoisotopic (exact) mass is 538 g/mol. The third-order valence-electron chi connectivity index (χ3n) is 8.35. The maximum absolute atomic E-state index is 5.66. The van der Waals surface area contributed by atoms with Crippen LogP contribution in [0.2, 0.25) is 0 Å². The van der Waals surface area contributed by atoms with E-state index in [9.17, 15) is 0 Å². The van der Waals surface area contributed by atoms with Gasteiger partial charge in [0.15, 0.2) is 0 Å². The second-order valence-electron chi connectivity index (χ2n) is 10.7. The molecule has 41 heavy (non-hydrogen) atoms. The molecule has 0 saturated heterocycles. The summed E-state index contributed by atoms with van der Waals surface area (Å²) in [4.78, 5) is 0. The summed E-state index contributed by atoms with van der Waals surface area (Å²) in [6.45, 7) is 2.28. The molecule has 0 fully saturated rings. The summed E-state index contributed by atoms with van der Waals surface area (Å²) in [5, 5.41) is 5.14. The van der Waals surface area contributed by atoms with Crippen molar-refractivity contribution in [3.63, 3.8) is 0 Å². The molecular weight excluding hydrogens is 504 g/mol. The Balaban J connectivity index is 1.68. The van der Waals surface area contributed by atoms with Crippen molar-refractivity contribution in [2.45, 2.75) is 32.6 Å². The fourth-order valence-corrected chi connectivity index (χ4v) is 6.52. The Morgan fingerprint density at radius 1 is 0.561 bits per heavy atom. The molecular formula is C37H34N2O2. The highest BCUT2D eigenvalue weighted by Gasteiger charge is 2.23. The molecule has 4 nitrogen and oxygen atoms in total. The van der Waals surface area contributed by atoms with Gasteiger partial charge in [-0.15, -0.1) is 0 Å². The second kappa shape index (κ2) is 10.4. The first kappa shape index (κ1) is 25.3. The zero-order valence-corrected chi connectivity index (χ0v) is 23.9. The molecule has 5 aromatic carbocycles. The van der Waals surface area contributed by atoms with Gasteiger partial charge in [-0.05, 0) is 60.9 Å². The Morgan fingerprint density at radius 3 is 1.83 bits per heavy atom. The number of unbranched alkanes of at least 4 members (excludes halogenated alkanes) is 2. The quantitative estimate of drug-likeness (QED) is 0.180. The van der Waals surface area contributed by atoms with Crippen molar-refractivity contribution in [3.05, 3.63) is 109 Å². The number of para-hydroxylation sites is 2. The molecule has 2 heterocycles. The van der Waals surface area contributed by atoms with E-state index in [-0.39, 0.29) is 0 Å². The Labute approximate surface area is 240 Å². The van der Waals surface area contributed by atoms with Crippen LogP contribution in [0.1, 0.15) is 31.7 Å². The normalized spacial score (nSPS) is 11.7. The Kier molecular flexibility index (Phi) is 6.39. The highest BCUT2D eigenvalue weighted by atomic mass is 16.5. The molecule has 0 atom stereocenters. The number of hydrogen-bond donors (Lipinski definition) is 0. The molecule has 0 aliphatic carbocycles. The minimum Gasteiger partial charge on any atom is -0.497 e. The third kappa shape index (κ3) is 4.05. The van der Waals surface area contributed by atoms with Gasteiger partial charge in [0.25, 0.3) is 0 Å². The molecule has 0 bridgehead atoms. The van der Waals surface area contributed by atoms with Gasteiger partial charge in [0.05, 0.1) is 36.3 Å². The SMILES string of the molecule is CCCCCc1c2c3ccccc3n(-c3cccc(OC)c3)c2cc2c3ccccc3n(-c3cccc(OC)c3)c12. The number of hydrogen-bond acceptors (Lipinski definition) is 2. The van der Waals surface area contributed by atoms with Gasteiger partial charge in [-0.25, -0.2) is 0 Å². The summed E-state index contributed by atoms with van der Waals surface area (Å²) in [7, 11) is 3.46. The lowest BCUT2D eigenvalue weighted by molar-refractivity contribution is 0.414. The van der Waals surface area contributed by atoms with Crippen molar-refractivity contribution >= 4 is 43.6 Å². The summed E-state index contributed by atoms with van der Waals surface area (Å²) in [5.74, 6) is 1.71. The fourth-order valence-electron chi connectivity index (χ4n) is 6.52. The summed E-state index contributed by atoms with van der Waals surface area (Å²) in [6, 6.07) is 36.8. The van der Waals surface area contributed by atoms with Crippen molar-refractivity contribution < 1.29 is 9.47 Å². The highest BCUT2D eigenvalue weighted by Crippen LogP contribution is 2.43. The third-order valence-corrected chi connectivity index (χ3v) is 8.35. The van der Waals surface area contributed by atoms with Crippen LogP contribution < -0.4 is 9.47 Å². The van der Waals surface area contributed by atoms with Crippen LogP contribution in [0, 0.1) is 0 Å². The Morgan fingerprint density at radius 2 is 1.17 bits per heavy atom. The molecule has 0 unspecified atom stereocenters. The van der Waals surface area contributed by atoms with Gasteiger partial charge in [0.2, 0.25) is 0 Å². The van der Waals surface area contributed by atoms with E-state index in [4.69, 9.17) is 9.47 Å². The van der Waals surface area contributed by atoms with Gasteiger partial charge >= 0.3 is 0 Å². The maximum atomic E-state index is 5.66. The predicted octanol–water partition coefficient (Wildman–Crippen LogP) is 9.63. The molecule has 2 aromatic heterocycles. The molecule has 7 rings (SSSR count). The Bertz CT molecular complexity index is 2040. The number of aryl methyl sites for hydroxylation is 1. The number of methoxy groups -OCH3 is 2. The van der Waals surface area contributed by atoms with Crippen LogP contribution in [0.25, 0.3) is 55.0 Å². The molecule has 0 saturated carbocycles. The van der Waals surface area contributed by atoms with Gasteiger partial charge in [0, 0.05) is 45.1 Å². The highest BCUT2D eigenvalue weighted by molar-refractivity contribution is 6.21. The van der Waals surface area contributed by atoms with Gasteiger partial charge in [-0.1, -0.05) is 68.3 Å². The van der Waals surface area contributed by atoms with E-state index in [0.717, 1.165) is 35.7 Å². The molecule has 0 aliphatic rings. The molecule has 0 spiro atoms. The number of fused-ring (bicyclic) bond motifs is 6. The van der Waals surface area contributed by atoms with E-state index >= 15 is 0 Å². The average molecular weight is 539 g/mol. The lowest BCUT2D eigenvalue weighted by atomic mass is 9.97. The average Bonchev–Trinajstić information content (AvgIpc) is 3.54. The van der Waals surface area contributed by atoms with Crippen molar-refractivity contribution in [2.75, 3.05) is 14.2 Å². The molecule has 0 amide bonds. The van der Waals surface area contributed by atoms with Crippen LogP contribution in [0.3, 0.4) is 0 Å². The number of rotatable bonds is 8. The largest absolute Gasteiger partial charge is 0.497 e. The van der Waals surface area contributed by atoms with E-state index < -0.39 is 0 Å². The van der Waals surface area contributed by atoms with Crippen molar-refractivity contribution in [2.24, 2.45) is 0 Å². The van der Waals surface area contributed by atoms with Crippen molar-refractivity contribution in [1.82, 2.24) is 9.13 Å². The number of ether oxygens (including phenoxy) is 2. The summed E-state index contributed by atoms with van der Waals surface area (Å²) >= 11 is 0. The van der Waals surface area contributed by atoms with E-state index in [1.54, 1.807) is 14.2 Å². The zero-order chi connectivity index (χ0) is 27.9. The summed E-state index contributed by atoms with van der Waals surface area (Å²) in [6.07, 6.45) is 4.53. The van der Waals surface area contributed by atoms with Crippen LogP contribution in [0.5, 0.6) is 11.5 Å². The van der Waals surface area contributed by atoms with E-state index in [1.165, 1.54) is 62.0 Å².